The van der Waals surface area contributed by atoms with Crippen LogP contribution in [0.15, 0.2) is 22.7 Å². The molecule has 0 saturated carbocycles. The first-order valence-electron chi connectivity index (χ1n) is 5.38. The van der Waals surface area contributed by atoms with Crippen LogP contribution in [0.4, 0.5) is 5.69 Å². The first kappa shape index (κ1) is 11.6. The lowest BCUT2D eigenvalue weighted by atomic mass is 10.1. The summed E-state index contributed by atoms with van der Waals surface area (Å²) in [5, 5.41) is 9.63. The maximum absolute atomic E-state index is 11.0. The van der Waals surface area contributed by atoms with E-state index in [0.29, 0.717) is 12.1 Å². The summed E-state index contributed by atoms with van der Waals surface area (Å²) in [7, 11) is 0. The Hall–Kier alpha value is -0.870. The highest BCUT2D eigenvalue weighted by Crippen LogP contribution is 2.26. The van der Waals surface area contributed by atoms with Gasteiger partial charge in [-0.15, -0.1) is 0 Å². The lowest BCUT2D eigenvalue weighted by molar-refractivity contribution is 0.112. The Morgan fingerprint density at radius 3 is 3.00 bits per heavy atom. The van der Waals surface area contributed by atoms with Crippen molar-refractivity contribution in [2.24, 2.45) is 0 Å². The highest BCUT2D eigenvalue weighted by molar-refractivity contribution is 9.10. The van der Waals surface area contributed by atoms with E-state index in [4.69, 9.17) is 0 Å². The zero-order valence-corrected chi connectivity index (χ0v) is 10.5. The number of benzene rings is 1. The van der Waals surface area contributed by atoms with Gasteiger partial charge in [0.05, 0.1) is 6.10 Å². The number of nitrogens with zero attached hydrogens (tertiary/aromatic N) is 1. The van der Waals surface area contributed by atoms with Gasteiger partial charge in [-0.25, -0.2) is 0 Å². The summed E-state index contributed by atoms with van der Waals surface area (Å²) in [5.41, 5.74) is 1.58. The molecule has 1 unspecified atom stereocenters. The predicted octanol–water partition coefficient (Wildman–Crippen LogP) is 2.22. The average molecular weight is 284 g/mol. The van der Waals surface area contributed by atoms with Crippen LogP contribution in [0, 0.1) is 0 Å². The Balaban J connectivity index is 2.30. The zero-order valence-electron chi connectivity index (χ0n) is 8.90. The molecular formula is C12H14BrNO2. The third-order valence-electron chi connectivity index (χ3n) is 2.86. The van der Waals surface area contributed by atoms with E-state index in [1.54, 1.807) is 6.07 Å². The number of piperidine rings is 1. The summed E-state index contributed by atoms with van der Waals surface area (Å²) in [6.07, 6.45) is 2.39. The number of carbonyl (C=O) groups is 1. The molecule has 86 valence electrons. The molecule has 4 heteroatoms. The highest BCUT2D eigenvalue weighted by Gasteiger charge is 2.19. The summed E-state index contributed by atoms with van der Waals surface area (Å²) >= 11 is 3.40. The molecule has 1 aliphatic heterocycles. The number of aldehydes is 1. The molecule has 0 radical (unpaired) electrons. The van der Waals surface area contributed by atoms with Gasteiger partial charge in [0.1, 0.15) is 0 Å². The van der Waals surface area contributed by atoms with Gasteiger partial charge in [0.25, 0.3) is 0 Å². The van der Waals surface area contributed by atoms with Gasteiger partial charge < -0.3 is 10.0 Å². The Bertz CT molecular complexity index is 395. The van der Waals surface area contributed by atoms with Crippen LogP contribution in [0.3, 0.4) is 0 Å². The standard InChI is InChI=1S/C12H14BrNO2/c13-10-4-3-9(8-15)12(6-10)14-5-1-2-11(16)7-14/h3-4,6,8,11,16H,1-2,5,7H2. The molecule has 0 bridgehead atoms. The van der Waals surface area contributed by atoms with Gasteiger partial charge in [-0.05, 0) is 31.0 Å². The number of hydrogen-bond acceptors (Lipinski definition) is 3. The molecule has 3 nitrogen and oxygen atoms in total. The second-order valence-electron chi connectivity index (χ2n) is 4.06. The number of rotatable bonds is 2. The van der Waals surface area contributed by atoms with Crippen LogP contribution in [0.2, 0.25) is 0 Å². The Morgan fingerprint density at radius 1 is 1.50 bits per heavy atom. The molecule has 1 aliphatic rings. The van der Waals surface area contributed by atoms with E-state index in [0.717, 1.165) is 35.8 Å². The summed E-state index contributed by atoms with van der Waals surface area (Å²) in [6, 6.07) is 5.59. The van der Waals surface area contributed by atoms with E-state index in [-0.39, 0.29) is 6.10 Å². The van der Waals surface area contributed by atoms with E-state index >= 15 is 0 Å². The van der Waals surface area contributed by atoms with Crippen molar-refractivity contribution in [1.29, 1.82) is 0 Å². The Morgan fingerprint density at radius 2 is 2.31 bits per heavy atom. The van der Waals surface area contributed by atoms with Crippen LogP contribution < -0.4 is 4.90 Å². The van der Waals surface area contributed by atoms with Crippen LogP contribution in [0.5, 0.6) is 0 Å². The predicted molar refractivity (Wildman–Crippen MR) is 67.0 cm³/mol. The minimum Gasteiger partial charge on any atom is -0.391 e. The molecule has 1 aromatic rings. The van der Waals surface area contributed by atoms with Gasteiger partial charge in [0.2, 0.25) is 0 Å². The van der Waals surface area contributed by atoms with Gasteiger partial charge >= 0.3 is 0 Å². The third-order valence-corrected chi connectivity index (χ3v) is 3.35. The molecule has 16 heavy (non-hydrogen) atoms. The molecule has 2 rings (SSSR count). The van der Waals surface area contributed by atoms with Crippen LogP contribution in [-0.4, -0.2) is 30.6 Å². The van der Waals surface area contributed by atoms with Crippen LogP contribution in [0.1, 0.15) is 23.2 Å². The van der Waals surface area contributed by atoms with Crippen molar-refractivity contribution in [3.63, 3.8) is 0 Å². The maximum atomic E-state index is 11.0. The van der Waals surface area contributed by atoms with Gasteiger partial charge in [-0.1, -0.05) is 15.9 Å². The molecule has 0 aromatic heterocycles. The number of β-amino-alcohol motifs (C(OH)–C–C–N with tert-alkyl or cyclic N) is 1. The highest BCUT2D eigenvalue weighted by atomic mass is 79.9. The van der Waals surface area contributed by atoms with E-state index < -0.39 is 0 Å². The monoisotopic (exact) mass is 283 g/mol. The summed E-state index contributed by atoms with van der Waals surface area (Å²) in [4.78, 5) is 13.0. The summed E-state index contributed by atoms with van der Waals surface area (Å²) < 4.78 is 0.952. The van der Waals surface area contributed by atoms with Crippen molar-refractivity contribution >= 4 is 27.9 Å². The molecule has 1 atom stereocenters. The van der Waals surface area contributed by atoms with E-state index in [1.165, 1.54) is 0 Å². The Kier molecular flexibility index (Phi) is 3.61. The molecule has 1 saturated heterocycles. The minimum atomic E-state index is -0.285. The molecule has 1 heterocycles. The quantitative estimate of drug-likeness (QED) is 0.847. The van der Waals surface area contributed by atoms with E-state index in [2.05, 4.69) is 20.8 Å². The lowest BCUT2D eigenvalue weighted by Crippen LogP contribution is -2.38. The van der Waals surface area contributed by atoms with Crippen LogP contribution in [0.25, 0.3) is 0 Å². The number of aliphatic hydroxyl groups excluding tert-OH is 1. The molecule has 0 aliphatic carbocycles. The Labute approximate surface area is 103 Å². The maximum Gasteiger partial charge on any atom is 0.152 e. The molecule has 0 amide bonds. The van der Waals surface area contributed by atoms with Crippen LogP contribution in [-0.2, 0) is 0 Å². The number of halogens is 1. The first-order chi connectivity index (χ1) is 7.70. The second kappa shape index (κ2) is 4.97. The van der Waals surface area contributed by atoms with Crippen molar-refractivity contribution in [3.05, 3.63) is 28.2 Å². The van der Waals surface area contributed by atoms with Gasteiger partial charge in [0.15, 0.2) is 6.29 Å². The topological polar surface area (TPSA) is 40.5 Å². The van der Waals surface area contributed by atoms with Gasteiger partial charge in [-0.3, -0.25) is 4.79 Å². The normalized spacial score (nSPS) is 20.9. The average Bonchev–Trinajstić information content (AvgIpc) is 2.29. The molecule has 0 spiro atoms. The van der Waals surface area contributed by atoms with E-state index in [1.807, 2.05) is 12.1 Å². The lowest BCUT2D eigenvalue weighted by Gasteiger charge is -2.32. The molecular weight excluding hydrogens is 270 g/mol. The minimum absolute atomic E-state index is 0.285. The number of hydrogen-bond donors (Lipinski definition) is 1. The van der Waals surface area contributed by atoms with Crippen molar-refractivity contribution in [2.45, 2.75) is 18.9 Å². The smallest absolute Gasteiger partial charge is 0.152 e. The fourth-order valence-corrected chi connectivity index (χ4v) is 2.41. The number of carbonyl (C=O) groups excluding carboxylic acids is 1. The SMILES string of the molecule is O=Cc1ccc(Br)cc1N1CCCC(O)C1. The molecule has 1 aromatic carbocycles. The van der Waals surface area contributed by atoms with Gasteiger partial charge in [0, 0.05) is 28.8 Å². The fourth-order valence-electron chi connectivity index (χ4n) is 2.06. The molecule has 1 N–H and O–H groups in total. The fraction of sp³-hybridized carbons (Fsp3) is 0.417. The van der Waals surface area contributed by atoms with Crippen molar-refractivity contribution < 1.29 is 9.90 Å². The van der Waals surface area contributed by atoms with Crippen molar-refractivity contribution in [2.75, 3.05) is 18.0 Å². The zero-order chi connectivity index (χ0) is 11.5. The van der Waals surface area contributed by atoms with Crippen LogP contribution >= 0.6 is 15.9 Å². The third kappa shape index (κ3) is 2.44. The van der Waals surface area contributed by atoms with Crippen molar-refractivity contribution in [3.8, 4) is 0 Å². The number of aliphatic hydroxyl groups is 1. The largest absolute Gasteiger partial charge is 0.391 e. The van der Waals surface area contributed by atoms with Crippen molar-refractivity contribution in [1.82, 2.24) is 0 Å². The van der Waals surface area contributed by atoms with E-state index in [9.17, 15) is 9.90 Å². The summed E-state index contributed by atoms with van der Waals surface area (Å²) in [5.74, 6) is 0. The molecule has 1 fully saturated rings. The number of anilines is 1. The summed E-state index contributed by atoms with van der Waals surface area (Å²) in [6.45, 7) is 1.51. The second-order valence-corrected chi connectivity index (χ2v) is 4.98. The van der Waals surface area contributed by atoms with Gasteiger partial charge in [-0.2, -0.15) is 0 Å². The first-order valence-corrected chi connectivity index (χ1v) is 6.18.